The van der Waals surface area contributed by atoms with Gasteiger partial charge in [0.15, 0.2) is 18.1 Å². The SMILES string of the molecule is CCOc1cc(/C=N\NC(=O)C(=O)N[C@@H](C)CC)cc(I)c1OCC(=O)Nc1ccccc1Cl. The normalized spacial score (nSPS) is 11.6. The van der Waals surface area contributed by atoms with E-state index in [-0.39, 0.29) is 18.6 Å². The zero-order valence-corrected chi connectivity index (χ0v) is 21.9. The summed E-state index contributed by atoms with van der Waals surface area (Å²) in [5.74, 6) is -1.20. The van der Waals surface area contributed by atoms with Gasteiger partial charge in [-0.3, -0.25) is 14.4 Å². The number of benzene rings is 2. The van der Waals surface area contributed by atoms with Crippen LogP contribution in [0.5, 0.6) is 11.5 Å². The number of halogens is 2. The van der Waals surface area contributed by atoms with Crippen molar-refractivity contribution < 1.29 is 23.9 Å². The van der Waals surface area contributed by atoms with Crippen LogP contribution in [0.25, 0.3) is 0 Å². The monoisotopic (exact) mass is 600 g/mol. The highest BCUT2D eigenvalue weighted by molar-refractivity contribution is 14.1. The Morgan fingerprint density at radius 2 is 1.88 bits per heavy atom. The first-order chi connectivity index (χ1) is 16.2. The first-order valence-electron chi connectivity index (χ1n) is 10.5. The second-order valence-corrected chi connectivity index (χ2v) is 8.63. The fourth-order valence-electron chi connectivity index (χ4n) is 2.56. The van der Waals surface area contributed by atoms with E-state index in [4.69, 9.17) is 21.1 Å². The van der Waals surface area contributed by atoms with Gasteiger partial charge in [-0.1, -0.05) is 30.7 Å². The van der Waals surface area contributed by atoms with Gasteiger partial charge in [-0.15, -0.1) is 0 Å². The van der Waals surface area contributed by atoms with Crippen molar-refractivity contribution in [3.05, 3.63) is 50.6 Å². The number of hydrogen-bond acceptors (Lipinski definition) is 6. The van der Waals surface area contributed by atoms with Gasteiger partial charge in [0.05, 0.1) is 27.1 Å². The number of rotatable bonds is 10. The van der Waals surface area contributed by atoms with E-state index < -0.39 is 11.8 Å². The Labute approximate surface area is 216 Å². The first kappa shape index (κ1) is 27.4. The second kappa shape index (κ2) is 13.8. The van der Waals surface area contributed by atoms with Crippen molar-refractivity contribution in [2.24, 2.45) is 5.10 Å². The van der Waals surface area contributed by atoms with Crippen LogP contribution in [-0.2, 0) is 14.4 Å². The molecule has 34 heavy (non-hydrogen) atoms. The molecule has 0 aromatic heterocycles. The van der Waals surface area contributed by atoms with E-state index >= 15 is 0 Å². The molecule has 182 valence electrons. The molecule has 0 aliphatic carbocycles. The highest BCUT2D eigenvalue weighted by atomic mass is 127. The summed E-state index contributed by atoms with van der Waals surface area (Å²) in [6.07, 6.45) is 2.09. The summed E-state index contributed by atoms with van der Waals surface area (Å²) >= 11 is 8.11. The highest BCUT2D eigenvalue weighted by Crippen LogP contribution is 2.34. The topological polar surface area (TPSA) is 118 Å². The number of carbonyl (C=O) groups excluding carboxylic acids is 3. The number of amides is 3. The van der Waals surface area contributed by atoms with Crippen LogP contribution in [0.4, 0.5) is 5.69 Å². The summed E-state index contributed by atoms with van der Waals surface area (Å²) in [6.45, 7) is 5.63. The van der Waals surface area contributed by atoms with Crippen LogP contribution >= 0.6 is 34.2 Å². The average molecular weight is 601 g/mol. The molecular weight excluding hydrogens is 575 g/mol. The molecule has 11 heteroatoms. The van der Waals surface area contributed by atoms with Gasteiger partial charge in [-0.25, -0.2) is 5.43 Å². The Balaban J connectivity index is 2.04. The van der Waals surface area contributed by atoms with E-state index in [2.05, 4.69) is 21.2 Å². The molecule has 0 aliphatic heterocycles. The minimum atomic E-state index is -0.860. The van der Waals surface area contributed by atoms with Gasteiger partial charge in [-0.05, 0) is 72.7 Å². The Morgan fingerprint density at radius 1 is 1.15 bits per heavy atom. The zero-order chi connectivity index (χ0) is 25.1. The van der Waals surface area contributed by atoms with Crippen molar-refractivity contribution >= 4 is 63.8 Å². The van der Waals surface area contributed by atoms with Gasteiger partial charge >= 0.3 is 11.8 Å². The number of carbonyl (C=O) groups is 3. The molecule has 0 radical (unpaired) electrons. The van der Waals surface area contributed by atoms with Crippen LogP contribution in [-0.4, -0.2) is 43.2 Å². The second-order valence-electron chi connectivity index (χ2n) is 7.06. The van der Waals surface area contributed by atoms with Crippen LogP contribution in [0.3, 0.4) is 0 Å². The largest absolute Gasteiger partial charge is 0.490 e. The summed E-state index contributed by atoms with van der Waals surface area (Å²) in [7, 11) is 0. The van der Waals surface area contributed by atoms with Crippen LogP contribution in [0.15, 0.2) is 41.5 Å². The van der Waals surface area contributed by atoms with Gasteiger partial charge in [0, 0.05) is 6.04 Å². The molecule has 0 heterocycles. The van der Waals surface area contributed by atoms with Crippen molar-refractivity contribution in [2.45, 2.75) is 33.2 Å². The Kier molecular flexibility index (Phi) is 11.1. The molecule has 0 saturated heterocycles. The Hall–Kier alpha value is -2.86. The zero-order valence-electron chi connectivity index (χ0n) is 19.0. The fourth-order valence-corrected chi connectivity index (χ4v) is 3.52. The van der Waals surface area contributed by atoms with Crippen LogP contribution in [0, 0.1) is 3.57 Å². The molecule has 1 atom stereocenters. The number of para-hydroxylation sites is 1. The minimum Gasteiger partial charge on any atom is -0.490 e. The lowest BCUT2D eigenvalue weighted by Crippen LogP contribution is -2.41. The number of anilines is 1. The first-order valence-corrected chi connectivity index (χ1v) is 12.0. The summed E-state index contributed by atoms with van der Waals surface area (Å²) in [4.78, 5) is 35.9. The minimum absolute atomic E-state index is 0.114. The smallest absolute Gasteiger partial charge is 0.329 e. The average Bonchev–Trinajstić information content (AvgIpc) is 2.80. The van der Waals surface area contributed by atoms with Crippen LogP contribution < -0.4 is 25.5 Å². The lowest BCUT2D eigenvalue weighted by molar-refractivity contribution is -0.139. The standard InChI is InChI=1S/C23H26ClIN4O5/c1-4-14(3)27-22(31)23(32)29-26-12-15-10-17(25)21(19(11-15)33-5-2)34-13-20(30)28-18-9-7-6-8-16(18)24/h6-12,14H,4-5,13H2,1-3H3,(H,27,31)(H,28,30)(H,29,32)/b26-12-/t14-/m0/s1. The van der Waals surface area contributed by atoms with E-state index in [1.54, 1.807) is 43.3 Å². The van der Waals surface area contributed by atoms with E-state index in [0.717, 1.165) is 0 Å². The molecule has 0 bridgehead atoms. The van der Waals surface area contributed by atoms with Crippen molar-refractivity contribution in [1.82, 2.24) is 10.7 Å². The molecule has 3 amide bonds. The number of nitrogens with zero attached hydrogens (tertiary/aromatic N) is 1. The third kappa shape index (κ3) is 8.49. The summed E-state index contributed by atoms with van der Waals surface area (Å²) < 4.78 is 12.0. The number of ether oxygens (including phenoxy) is 2. The molecule has 0 saturated carbocycles. The molecule has 0 spiro atoms. The highest BCUT2D eigenvalue weighted by Gasteiger charge is 2.16. The van der Waals surface area contributed by atoms with Gasteiger partial charge in [0.2, 0.25) is 0 Å². The molecule has 9 nitrogen and oxygen atoms in total. The predicted octanol–water partition coefficient (Wildman–Crippen LogP) is 3.73. The fraction of sp³-hybridized carbons (Fsp3) is 0.304. The van der Waals surface area contributed by atoms with Gasteiger partial charge < -0.3 is 20.1 Å². The van der Waals surface area contributed by atoms with E-state index in [1.807, 2.05) is 36.4 Å². The summed E-state index contributed by atoms with van der Waals surface area (Å²) in [5.41, 5.74) is 3.28. The maximum atomic E-state index is 12.3. The van der Waals surface area contributed by atoms with Crippen LogP contribution in [0.2, 0.25) is 5.02 Å². The summed E-state index contributed by atoms with van der Waals surface area (Å²) in [5, 5.41) is 9.51. The van der Waals surface area contributed by atoms with Gasteiger partial charge in [0.1, 0.15) is 0 Å². The molecule has 2 rings (SSSR count). The number of nitrogens with one attached hydrogen (secondary N) is 3. The molecule has 0 unspecified atom stereocenters. The van der Waals surface area contributed by atoms with Crippen LogP contribution in [0.1, 0.15) is 32.8 Å². The number of hydrazone groups is 1. The van der Waals surface area contributed by atoms with Crippen molar-refractivity contribution in [2.75, 3.05) is 18.5 Å². The Bertz CT molecular complexity index is 1060. The van der Waals surface area contributed by atoms with E-state index in [0.29, 0.717) is 44.4 Å². The molecule has 2 aromatic carbocycles. The van der Waals surface area contributed by atoms with Crippen molar-refractivity contribution in [3.8, 4) is 11.5 Å². The predicted molar refractivity (Wildman–Crippen MR) is 140 cm³/mol. The maximum Gasteiger partial charge on any atom is 0.329 e. The quantitative estimate of drug-likeness (QED) is 0.166. The lowest BCUT2D eigenvalue weighted by atomic mass is 10.2. The molecular formula is C23H26ClIN4O5. The molecule has 3 N–H and O–H groups in total. The van der Waals surface area contributed by atoms with Crippen molar-refractivity contribution in [3.63, 3.8) is 0 Å². The maximum absolute atomic E-state index is 12.3. The number of hydrogen-bond donors (Lipinski definition) is 3. The molecule has 0 aliphatic rings. The van der Waals surface area contributed by atoms with Gasteiger partial charge in [0.25, 0.3) is 5.91 Å². The van der Waals surface area contributed by atoms with Gasteiger partial charge in [-0.2, -0.15) is 5.10 Å². The summed E-state index contributed by atoms with van der Waals surface area (Å²) in [6, 6.07) is 10.2. The van der Waals surface area contributed by atoms with Crippen molar-refractivity contribution in [1.29, 1.82) is 0 Å². The lowest BCUT2D eigenvalue weighted by Gasteiger charge is -2.15. The molecule has 2 aromatic rings. The third-order valence-electron chi connectivity index (χ3n) is 4.40. The van der Waals surface area contributed by atoms with E-state index in [9.17, 15) is 14.4 Å². The third-order valence-corrected chi connectivity index (χ3v) is 5.53. The molecule has 0 fully saturated rings. The van der Waals surface area contributed by atoms with E-state index in [1.165, 1.54) is 6.21 Å². The Morgan fingerprint density at radius 3 is 2.56 bits per heavy atom.